The highest BCUT2D eigenvalue weighted by molar-refractivity contribution is 7.89. The van der Waals surface area contributed by atoms with E-state index in [1.54, 1.807) is 37.4 Å². The Morgan fingerprint density at radius 2 is 1.73 bits per heavy atom. The van der Waals surface area contributed by atoms with Gasteiger partial charge in [-0.1, -0.05) is 5.16 Å². The number of anilines is 4. The van der Waals surface area contributed by atoms with Crippen LogP contribution in [0.15, 0.2) is 70.2 Å². The Morgan fingerprint density at radius 1 is 1.00 bits per heavy atom. The summed E-state index contributed by atoms with van der Waals surface area (Å²) < 4.78 is 59.9. The standard InChI is InChI=1S/C27H29F2N7O3S/c1-18-15-21(34-39-18)17-36-13-10-22(11-14-36)35(2)40(37,38)23-6-3-19(4-7-23)32-27-30-12-9-26(33-27)31-20-5-8-24(28)25(29)16-20/h3-9,12,15-16,22H,10-11,13-14,17H2,1-2H3,(H2,30,31,32,33). The van der Waals surface area contributed by atoms with Crippen LogP contribution in [0, 0.1) is 18.6 Å². The third-order valence-electron chi connectivity index (χ3n) is 6.77. The van der Waals surface area contributed by atoms with Crippen LogP contribution in [0.1, 0.15) is 24.3 Å². The van der Waals surface area contributed by atoms with E-state index in [-0.39, 0.29) is 16.9 Å². The number of piperidine rings is 1. The van der Waals surface area contributed by atoms with E-state index >= 15 is 0 Å². The molecule has 1 aliphatic heterocycles. The van der Waals surface area contributed by atoms with E-state index in [1.807, 2.05) is 13.0 Å². The van der Waals surface area contributed by atoms with Crippen molar-refractivity contribution in [1.29, 1.82) is 0 Å². The van der Waals surface area contributed by atoms with Gasteiger partial charge in [0.05, 0.1) is 10.6 Å². The molecular formula is C27H29F2N7O3S. The molecule has 40 heavy (non-hydrogen) atoms. The average molecular weight is 570 g/mol. The number of hydrogen-bond donors (Lipinski definition) is 2. The SMILES string of the molecule is Cc1cc(CN2CCC(N(C)S(=O)(=O)c3ccc(Nc4nccc(Nc5ccc(F)c(F)c5)n4)cc3)CC2)no1. The highest BCUT2D eigenvalue weighted by Gasteiger charge is 2.31. The molecule has 2 N–H and O–H groups in total. The second-order valence-corrected chi connectivity index (χ2v) is 11.6. The number of benzene rings is 2. The Kier molecular flexibility index (Phi) is 8.05. The molecule has 1 fully saturated rings. The molecule has 2 aromatic heterocycles. The van der Waals surface area contributed by atoms with E-state index in [0.29, 0.717) is 23.7 Å². The van der Waals surface area contributed by atoms with Crippen molar-refractivity contribution in [2.45, 2.75) is 37.2 Å². The van der Waals surface area contributed by atoms with Gasteiger partial charge in [-0.2, -0.15) is 9.29 Å². The predicted molar refractivity (Wildman–Crippen MR) is 146 cm³/mol. The van der Waals surface area contributed by atoms with Crippen molar-refractivity contribution in [2.75, 3.05) is 30.8 Å². The van der Waals surface area contributed by atoms with Crippen LogP contribution in [0.25, 0.3) is 0 Å². The zero-order chi connectivity index (χ0) is 28.3. The molecule has 0 bridgehead atoms. The van der Waals surface area contributed by atoms with Crippen LogP contribution in [-0.4, -0.2) is 58.9 Å². The number of likely N-dealkylation sites (tertiary alicyclic amines) is 1. The monoisotopic (exact) mass is 569 g/mol. The highest BCUT2D eigenvalue weighted by Crippen LogP contribution is 2.25. The molecule has 4 aromatic rings. The van der Waals surface area contributed by atoms with Crippen molar-refractivity contribution >= 4 is 33.2 Å². The summed E-state index contributed by atoms with van der Waals surface area (Å²) in [6.07, 6.45) is 2.94. The maximum atomic E-state index is 13.5. The van der Waals surface area contributed by atoms with E-state index in [9.17, 15) is 17.2 Å². The first kappa shape index (κ1) is 27.6. The predicted octanol–water partition coefficient (Wildman–Crippen LogP) is 4.82. The van der Waals surface area contributed by atoms with Crippen LogP contribution in [-0.2, 0) is 16.6 Å². The van der Waals surface area contributed by atoms with Gasteiger partial charge in [0.15, 0.2) is 11.6 Å². The first-order chi connectivity index (χ1) is 19.2. The van der Waals surface area contributed by atoms with E-state index in [1.165, 1.54) is 16.6 Å². The maximum Gasteiger partial charge on any atom is 0.243 e. The fourth-order valence-electron chi connectivity index (χ4n) is 4.57. The summed E-state index contributed by atoms with van der Waals surface area (Å²) in [4.78, 5) is 10.9. The minimum absolute atomic E-state index is 0.101. The quantitative estimate of drug-likeness (QED) is 0.293. The minimum atomic E-state index is -3.69. The Hall–Kier alpha value is -3.94. The number of rotatable bonds is 9. The second-order valence-electron chi connectivity index (χ2n) is 9.63. The molecule has 0 atom stereocenters. The number of nitrogens with zero attached hydrogens (tertiary/aromatic N) is 5. The fraction of sp³-hybridized carbons (Fsp3) is 0.296. The van der Waals surface area contributed by atoms with E-state index in [4.69, 9.17) is 4.52 Å². The van der Waals surface area contributed by atoms with Crippen molar-refractivity contribution in [3.8, 4) is 0 Å². The van der Waals surface area contributed by atoms with Gasteiger partial charge in [0.2, 0.25) is 16.0 Å². The zero-order valence-corrected chi connectivity index (χ0v) is 22.8. The highest BCUT2D eigenvalue weighted by atomic mass is 32.2. The van der Waals surface area contributed by atoms with Gasteiger partial charge in [0.1, 0.15) is 11.6 Å². The second kappa shape index (κ2) is 11.7. The summed E-state index contributed by atoms with van der Waals surface area (Å²) >= 11 is 0. The fourth-order valence-corrected chi connectivity index (χ4v) is 5.99. The van der Waals surface area contributed by atoms with Gasteiger partial charge in [0.25, 0.3) is 0 Å². The summed E-state index contributed by atoms with van der Waals surface area (Å²) in [5.41, 5.74) is 1.79. The van der Waals surface area contributed by atoms with Crippen molar-refractivity contribution in [3.05, 3.63) is 83.9 Å². The van der Waals surface area contributed by atoms with Crippen LogP contribution in [0.3, 0.4) is 0 Å². The summed E-state index contributed by atoms with van der Waals surface area (Å²) in [6, 6.07) is 13.2. The molecule has 0 unspecified atom stereocenters. The Labute approximate surface area is 231 Å². The summed E-state index contributed by atoms with van der Waals surface area (Å²) in [5, 5.41) is 9.96. The molecule has 0 radical (unpaired) electrons. The number of aromatic nitrogens is 3. The first-order valence-corrected chi connectivity index (χ1v) is 14.2. The average Bonchev–Trinajstić information content (AvgIpc) is 3.35. The smallest absolute Gasteiger partial charge is 0.243 e. The Morgan fingerprint density at radius 3 is 2.40 bits per heavy atom. The minimum Gasteiger partial charge on any atom is -0.361 e. The van der Waals surface area contributed by atoms with Crippen LogP contribution < -0.4 is 10.6 Å². The van der Waals surface area contributed by atoms with Crippen molar-refractivity contribution in [2.24, 2.45) is 0 Å². The van der Waals surface area contributed by atoms with E-state index < -0.39 is 21.7 Å². The molecule has 5 rings (SSSR count). The topological polar surface area (TPSA) is 116 Å². The van der Waals surface area contributed by atoms with Gasteiger partial charge in [-0.05, 0) is 62.2 Å². The third-order valence-corrected chi connectivity index (χ3v) is 8.69. The molecule has 210 valence electrons. The number of aryl methyl sites for hydroxylation is 1. The molecule has 0 amide bonds. The Bertz CT molecular complexity index is 1570. The van der Waals surface area contributed by atoms with E-state index in [0.717, 1.165) is 49.5 Å². The molecule has 0 aliphatic carbocycles. The van der Waals surface area contributed by atoms with Crippen LogP contribution in [0.4, 0.5) is 31.9 Å². The Balaban J connectivity index is 1.18. The van der Waals surface area contributed by atoms with Gasteiger partial charge < -0.3 is 15.2 Å². The van der Waals surface area contributed by atoms with Gasteiger partial charge in [0, 0.05) is 62.4 Å². The summed E-state index contributed by atoms with van der Waals surface area (Å²) in [6.45, 7) is 4.07. The molecule has 0 spiro atoms. The van der Waals surface area contributed by atoms with Crippen molar-refractivity contribution < 1.29 is 21.7 Å². The molecule has 1 saturated heterocycles. The molecule has 0 saturated carbocycles. The zero-order valence-electron chi connectivity index (χ0n) is 22.0. The van der Waals surface area contributed by atoms with Gasteiger partial charge in [-0.3, -0.25) is 4.90 Å². The molecule has 1 aliphatic rings. The third kappa shape index (κ3) is 6.43. The lowest BCUT2D eigenvalue weighted by Gasteiger charge is -2.35. The van der Waals surface area contributed by atoms with Crippen molar-refractivity contribution in [3.63, 3.8) is 0 Å². The van der Waals surface area contributed by atoms with Gasteiger partial charge in [-0.25, -0.2) is 22.2 Å². The summed E-state index contributed by atoms with van der Waals surface area (Å²) in [5.74, 6) is -0.526. The van der Waals surface area contributed by atoms with E-state index in [2.05, 4.69) is 30.7 Å². The number of sulfonamides is 1. The lowest BCUT2D eigenvalue weighted by Crippen LogP contribution is -2.45. The molecule has 2 aromatic carbocycles. The normalized spacial score (nSPS) is 14.9. The van der Waals surface area contributed by atoms with Gasteiger partial charge in [-0.15, -0.1) is 0 Å². The molecule has 10 nitrogen and oxygen atoms in total. The lowest BCUT2D eigenvalue weighted by molar-refractivity contribution is 0.161. The first-order valence-electron chi connectivity index (χ1n) is 12.7. The molecule has 3 heterocycles. The molecular weight excluding hydrogens is 540 g/mol. The van der Waals surface area contributed by atoms with Crippen LogP contribution in [0.2, 0.25) is 0 Å². The number of nitrogens with one attached hydrogen (secondary N) is 2. The van der Waals surface area contributed by atoms with Gasteiger partial charge >= 0.3 is 0 Å². The number of halogens is 2. The number of hydrogen-bond acceptors (Lipinski definition) is 9. The lowest BCUT2D eigenvalue weighted by atomic mass is 10.1. The van der Waals surface area contributed by atoms with Crippen LogP contribution in [0.5, 0.6) is 0 Å². The van der Waals surface area contributed by atoms with Crippen molar-refractivity contribution in [1.82, 2.24) is 24.3 Å². The maximum absolute atomic E-state index is 13.5. The van der Waals surface area contributed by atoms with Crippen LogP contribution >= 0.6 is 0 Å². The summed E-state index contributed by atoms with van der Waals surface area (Å²) in [7, 11) is -2.06. The molecule has 13 heteroatoms. The largest absolute Gasteiger partial charge is 0.361 e.